The van der Waals surface area contributed by atoms with Gasteiger partial charge in [-0.3, -0.25) is 0 Å². The number of benzene rings is 1. The van der Waals surface area contributed by atoms with E-state index in [1.165, 1.54) is 31.7 Å². The van der Waals surface area contributed by atoms with Crippen LogP contribution in [0.1, 0.15) is 27.1 Å². The first kappa shape index (κ1) is 17.7. The van der Waals surface area contributed by atoms with Gasteiger partial charge in [-0.2, -0.15) is 34.0 Å². The summed E-state index contributed by atoms with van der Waals surface area (Å²) in [6, 6.07) is 12.8. The Morgan fingerprint density at radius 3 is 2.46 bits per heavy atom. The third kappa shape index (κ3) is 3.56. The smallest absolute Gasteiger partial charge is 0.131 e. The summed E-state index contributed by atoms with van der Waals surface area (Å²) >= 11 is 7.33. The Labute approximate surface area is 169 Å². The average Bonchev–Trinajstić information content (AvgIpc) is 3.19. The van der Waals surface area contributed by atoms with Crippen molar-refractivity contribution in [3.05, 3.63) is 62.3 Å². The molecule has 0 unspecified atom stereocenters. The second kappa shape index (κ2) is 7.90. The Hall–Kier alpha value is -1.70. The van der Waals surface area contributed by atoms with E-state index in [4.69, 9.17) is 10.5 Å². The number of nitriles is 2. The van der Waals surface area contributed by atoms with Gasteiger partial charge >= 0.3 is 0 Å². The van der Waals surface area contributed by atoms with E-state index in [0.717, 1.165) is 27.9 Å². The molecule has 26 heavy (non-hydrogen) atoms. The Morgan fingerprint density at radius 2 is 1.73 bits per heavy atom. The van der Waals surface area contributed by atoms with Crippen molar-refractivity contribution in [1.82, 2.24) is 0 Å². The fourth-order valence-corrected chi connectivity index (χ4v) is 7.64. The highest BCUT2D eigenvalue weighted by atomic mass is 32.2. The topological polar surface area (TPSA) is 47.6 Å². The molecule has 0 amide bonds. The third-order valence-corrected chi connectivity index (χ3v) is 8.60. The van der Waals surface area contributed by atoms with Crippen LogP contribution in [0.3, 0.4) is 0 Å². The summed E-state index contributed by atoms with van der Waals surface area (Å²) in [5.41, 5.74) is 5.59. The minimum Gasteiger partial charge on any atom is -0.192 e. The summed E-state index contributed by atoms with van der Waals surface area (Å²) in [7, 11) is 0. The molecule has 0 atom stereocenters. The first-order chi connectivity index (χ1) is 12.8. The van der Waals surface area contributed by atoms with Crippen LogP contribution in [0.2, 0.25) is 0 Å². The van der Waals surface area contributed by atoms with E-state index in [-0.39, 0.29) is 5.57 Å². The predicted molar refractivity (Wildman–Crippen MR) is 115 cm³/mol. The minimum atomic E-state index is 0.176. The van der Waals surface area contributed by atoms with Gasteiger partial charge in [0.05, 0.1) is 4.01 Å². The molecule has 1 aromatic carbocycles. The molecule has 1 aliphatic rings. The zero-order chi connectivity index (χ0) is 17.9. The number of nitrogens with zero attached hydrogens (tertiary/aromatic N) is 2. The summed E-state index contributed by atoms with van der Waals surface area (Å²) in [5, 5.41) is 21.9. The summed E-state index contributed by atoms with van der Waals surface area (Å²) in [5.74, 6) is 3.89. The van der Waals surface area contributed by atoms with Crippen molar-refractivity contribution in [1.29, 1.82) is 10.5 Å². The van der Waals surface area contributed by atoms with E-state index in [1.807, 2.05) is 35.7 Å². The Bertz CT molecular complexity index is 1060. The lowest BCUT2D eigenvalue weighted by Crippen LogP contribution is -1.91. The molecule has 0 spiro atoms. The molecule has 0 aliphatic carbocycles. The molecule has 6 heteroatoms. The number of hydrogen-bond donors (Lipinski definition) is 0. The second-order valence-corrected chi connectivity index (χ2v) is 10.1. The van der Waals surface area contributed by atoms with Crippen molar-refractivity contribution < 1.29 is 0 Å². The SMILES string of the molecule is N#CC(C#N)=Cc1sc2scc3c2c1CSCc1cccc(c1)CSC3. The van der Waals surface area contributed by atoms with Gasteiger partial charge in [-0.15, -0.1) is 22.7 Å². The fourth-order valence-electron chi connectivity index (χ4n) is 3.00. The van der Waals surface area contributed by atoms with Crippen molar-refractivity contribution >= 4 is 61.7 Å². The summed E-state index contributed by atoms with van der Waals surface area (Å²) in [6.45, 7) is 0. The van der Waals surface area contributed by atoms with Gasteiger partial charge in [-0.05, 0) is 33.7 Å². The molecule has 2 bridgehead atoms. The maximum atomic E-state index is 9.13. The highest BCUT2D eigenvalue weighted by molar-refractivity contribution is 7.98. The van der Waals surface area contributed by atoms with Crippen molar-refractivity contribution in [3.8, 4) is 12.1 Å². The van der Waals surface area contributed by atoms with Gasteiger partial charge in [0.15, 0.2) is 0 Å². The van der Waals surface area contributed by atoms with Crippen LogP contribution < -0.4 is 0 Å². The highest BCUT2D eigenvalue weighted by Gasteiger charge is 2.17. The molecule has 0 fully saturated rings. The molecule has 0 N–H and O–H groups in total. The van der Waals surface area contributed by atoms with E-state index in [9.17, 15) is 0 Å². The lowest BCUT2D eigenvalue weighted by molar-refractivity contribution is 1.31. The van der Waals surface area contributed by atoms with Crippen LogP contribution in [0.15, 0.2) is 35.2 Å². The van der Waals surface area contributed by atoms with Crippen molar-refractivity contribution in [2.24, 2.45) is 0 Å². The molecule has 3 aromatic rings. The summed E-state index contributed by atoms with van der Waals surface area (Å²) in [4.78, 5) is 1.06. The summed E-state index contributed by atoms with van der Waals surface area (Å²) in [6.07, 6.45) is 1.76. The lowest BCUT2D eigenvalue weighted by atomic mass is 10.1. The number of fused-ring (bicyclic) bond motifs is 2. The molecular formula is C20H14N2S4. The van der Waals surface area contributed by atoms with Gasteiger partial charge in [0.1, 0.15) is 17.7 Å². The maximum Gasteiger partial charge on any atom is 0.131 e. The lowest BCUT2D eigenvalue weighted by Gasteiger charge is -2.09. The maximum absolute atomic E-state index is 9.13. The van der Waals surface area contributed by atoms with Gasteiger partial charge in [0.2, 0.25) is 0 Å². The number of rotatable bonds is 1. The van der Waals surface area contributed by atoms with Crippen LogP contribution >= 0.6 is 46.2 Å². The number of thiophene rings is 2. The Balaban J connectivity index is 1.77. The van der Waals surface area contributed by atoms with Gasteiger partial charge in [0, 0.05) is 33.3 Å². The normalized spacial score (nSPS) is 13.9. The molecule has 2 nitrogen and oxygen atoms in total. The second-order valence-electron chi connectivity index (χ2n) is 5.96. The molecule has 3 heterocycles. The first-order valence-corrected chi connectivity index (χ1v) is 12.1. The summed E-state index contributed by atoms with van der Waals surface area (Å²) < 4.78 is 1.30. The fraction of sp³-hybridized carbons (Fsp3) is 0.200. The molecule has 2 aromatic heterocycles. The van der Waals surface area contributed by atoms with E-state index < -0.39 is 0 Å². The zero-order valence-electron chi connectivity index (χ0n) is 13.8. The quantitative estimate of drug-likeness (QED) is 0.425. The van der Waals surface area contributed by atoms with Gasteiger partial charge in [-0.1, -0.05) is 24.3 Å². The van der Waals surface area contributed by atoms with E-state index in [1.54, 1.807) is 28.7 Å². The molecule has 0 saturated heterocycles. The van der Waals surface area contributed by atoms with Crippen LogP contribution in [-0.4, -0.2) is 0 Å². The molecule has 1 aliphatic heterocycles. The van der Waals surface area contributed by atoms with Crippen LogP contribution in [0.5, 0.6) is 0 Å². The molecule has 4 rings (SSSR count). The van der Waals surface area contributed by atoms with Crippen LogP contribution in [0, 0.1) is 22.7 Å². The minimum absolute atomic E-state index is 0.176. The number of allylic oxidation sites excluding steroid dienone is 1. The van der Waals surface area contributed by atoms with E-state index in [0.29, 0.717) is 0 Å². The van der Waals surface area contributed by atoms with Gasteiger partial charge in [-0.25, -0.2) is 0 Å². The number of hydrogen-bond acceptors (Lipinski definition) is 6. The third-order valence-electron chi connectivity index (χ3n) is 4.18. The molecule has 0 saturated carbocycles. The Morgan fingerprint density at radius 1 is 1.00 bits per heavy atom. The largest absolute Gasteiger partial charge is 0.192 e. The van der Waals surface area contributed by atoms with Gasteiger partial charge in [0.25, 0.3) is 0 Å². The number of thioether (sulfide) groups is 2. The highest BCUT2D eigenvalue weighted by Crippen LogP contribution is 2.43. The van der Waals surface area contributed by atoms with Crippen LogP contribution in [0.25, 0.3) is 15.5 Å². The molecular weight excluding hydrogens is 397 g/mol. The zero-order valence-corrected chi connectivity index (χ0v) is 17.1. The van der Waals surface area contributed by atoms with Crippen LogP contribution in [0.4, 0.5) is 0 Å². The Kier molecular flexibility index (Phi) is 5.38. The molecule has 128 valence electrons. The van der Waals surface area contributed by atoms with Gasteiger partial charge < -0.3 is 0 Å². The predicted octanol–water partition coefficient (Wildman–Crippen LogP) is 6.57. The monoisotopic (exact) mass is 410 g/mol. The first-order valence-electron chi connectivity index (χ1n) is 8.05. The van der Waals surface area contributed by atoms with Crippen molar-refractivity contribution in [2.45, 2.75) is 23.0 Å². The van der Waals surface area contributed by atoms with E-state index >= 15 is 0 Å². The van der Waals surface area contributed by atoms with Crippen molar-refractivity contribution in [3.63, 3.8) is 0 Å². The van der Waals surface area contributed by atoms with E-state index in [2.05, 4.69) is 29.6 Å². The molecule has 0 radical (unpaired) electrons. The average molecular weight is 411 g/mol. The standard InChI is InChI=1S/C20H14N2S4/c21-6-15(7-22)5-18-17-12-24-9-14-3-1-2-13(4-14)8-23-10-16-11-25-20(26-18)19(16)17/h1-5,11H,8-10,12H2. The van der Waals surface area contributed by atoms with Crippen LogP contribution in [-0.2, 0) is 23.0 Å². The van der Waals surface area contributed by atoms with Crippen molar-refractivity contribution in [2.75, 3.05) is 0 Å².